The molecule has 0 saturated heterocycles. The van der Waals surface area contributed by atoms with Crippen LogP contribution < -0.4 is 14.4 Å². The van der Waals surface area contributed by atoms with E-state index in [4.69, 9.17) is 0 Å². The minimum atomic E-state index is 1.19. The molecular weight excluding hydrogens is 278 g/mol. The topological polar surface area (TPSA) is 10.4 Å². The van der Waals surface area contributed by atoms with E-state index in [-0.39, 0.29) is 0 Å². The Morgan fingerprint density at radius 1 is 1.19 bits per heavy atom. The van der Waals surface area contributed by atoms with Crippen LogP contribution in [0.15, 0.2) is 52.5 Å². The highest BCUT2D eigenvalue weighted by Gasteiger charge is 2.21. The molecule has 0 amide bonds. The van der Waals surface area contributed by atoms with Crippen molar-refractivity contribution in [2.24, 2.45) is 7.05 Å². The first-order valence-electron chi connectivity index (χ1n) is 6.95. The minimum absolute atomic E-state index is 1.19. The van der Waals surface area contributed by atoms with E-state index in [0.717, 1.165) is 0 Å². The number of hydrogen-bond acceptors (Lipinski definition) is 3. The van der Waals surface area contributed by atoms with Crippen LogP contribution in [0.3, 0.4) is 0 Å². The predicted octanol–water partition coefficient (Wildman–Crippen LogP) is 3.12. The summed E-state index contributed by atoms with van der Waals surface area (Å²) in [4.78, 5) is 5.70. The fraction of sp³-hybridized carbons (Fsp3) is 0.235. The Hall–Kier alpha value is -1.94. The van der Waals surface area contributed by atoms with E-state index in [1.165, 1.54) is 27.0 Å². The van der Waals surface area contributed by atoms with E-state index in [9.17, 15) is 0 Å². The lowest BCUT2D eigenvalue weighted by molar-refractivity contribution is -0.658. The van der Waals surface area contributed by atoms with E-state index < -0.39 is 0 Å². The van der Waals surface area contributed by atoms with Gasteiger partial charge in [-0.1, -0.05) is 23.9 Å². The lowest BCUT2D eigenvalue weighted by Crippen LogP contribution is -2.35. The van der Waals surface area contributed by atoms with Crippen molar-refractivity contribution in [2.75, 3.05) is 30.9 Å². The van der Waals surface area contributed by atoms with Crippen molar-refractivity contribution in [1.29, 1.82) is 0 Å². The SMILES string of the molecule is CN(C)c1cc(/C=C2\Sc3ccccc3N2C)cc[n+]1C. The molecule has 0 atom stereocenters. The molecule has 0 bridgehead atoms. The molecule has 108 valence electrons. The number of pyridine rings is 1. The molecular formula is C17H20N3S+. The van der Waals surface area contributed by atoms with Gasteiger partial charge in [-0.15, -0.1) is 0 Å². The molecule has 2 aromatic rings. The lowest BCUT2D eigenvalue weighted by atomic mass is 10.2. The normalized spacial score (nSPS) is 15.4. The van der Waals surface area contributed by atoms with Crippen LogP contribution in [-0.4, -0.2) is 21.1 Å². The molecule has 0 aliphatic carbocycles. The number of aryl methyl sites for hydroxylation is 1. The maximum absolute atomic E-state index is 2.25. The summed E-state index contributed by atoms with van der Waals surface area (Å²) in [7, 11) is 8.33. The molecule has 1 aromatic carbocycles. The van der Waals surface area contributed by atoms with Crippen molar-refractivity contribution in [3.05, 3.63) is 53.2 Å². The van der Waals surface area contributed by atoms with Crippen LogP contribution in [0.4, 0.5) is 11.5 Å². The highest BCUT2D eigenvalue weighted by molar-refractivity contribution is 8.03. The molecule has 0 unspecified atom stereocenters. The number of aromatic nitrogens is 1. The summed E-state index contributed by atoms with van der Waals surface area (Å²) in [6.07, 6.45) is 4.35. The molecule has 0 spiro atoms. The first-order chi connectivity index (χ1) is 10.1. The van der Waals surface area contributed by atoms with Crippen LogP contribution in [-0.2, 0) is 7.05 Å². The fourth-order valence-corrected chi connectivity index (χ4v) is 3.61. The number of para-hydroxylation sites is 1. The van der Waals surface area contributed by atoms with E-state index in [0.29, 0.717) is 0 Å². The van der Waals surface area contributed by atoms with Gasteiger partial charge in [0.25, 0.3) is 5.82 Å². The second-order valence-electron chi connectivity index (χ2n) is 5.43. The van der Waals surface area contributed by atoms with Crippen molar-refractivity contribution < 1.29 is 4.57 Å². The molecule has 1 aliphatic rings. The van der Waals surface area contributed by atoms with Crippen molar-refractivity contribution in [1.82, 2.24) is 0 Å². The van der Waals surface area contributed by atoms with Crippen LogP contribution in [0.2, 0.25) is 0 Å². The molecule has 21 heavy (non-hydrogen) atoms. The van der Waals surface area contributed by atoms with Gasteiger partial charge in [0, 0.05) is 18.0 Å². The largest absolute Gasteiger partial charge is 0.338 e. The Bertz CT molecular complexity index is 707. The molecule has 0 radical (unpaired) electrons. The summed E-state index contributed by atoms with van der Waals surface area (Å²) >= 11 is 1.82. The summed E-state index contributed by atoms with van der Waals surface area (Å²) in [5.41, 5.74) is 2.50. The fourth-order valence-electron chi connectivity index (χ4n) is 2.50. The summed E-state index contributed by atoms with van der Waals surface area (Å²) in [6.45, 7) is 0. The summed E-state index contributed by atoms with van der Waals surface area (Å²) in [5, 5.41) is 1.26. The zero-order chi connectivity index (χ0) is 15.0. The van der Waals surface area contributed by atoms with Crippen LogP contribution in [0, 0.1) is 0 Å². The molecule has 3 rings (SSSR count). The molecule has 4 heteroatoms. The van der Waals surface area contributed by atoms with Gasteiger partial charge in [-0.05, 0) is 29.8 Å². The maximum atomic E-state index is 2.25. The van der Waals surface area contributed by atoms with Crippen LogP contribution in [0.5, 0.6) is 0 Å². The van der Waals surface area contributed by atoms with Gasteiger partial charge in [0.05, 0.1) is 38.1 Å². The highest BCUT2D eigenvalue weighted by Crippen LogP contribution is 2.45. The number of fused-ring (bicyclic) bond motifs is 1. The molecule has 1 aromatic heterocycles. The summed E-state index contributed by atoms with van der Waals surface area (Å²) < 4.78 is 2.13. The third-order valence-electron chi connectivity index (χ3n) is 3.67. The third kappa shape index (κ3) is 2.63. The summed E-state index contributed by atoms with van der Waals surface area (Å²) in [5.74, 6) is 1.19. The van der Waals surface area contributed by atoms with Gasteiger partial charge in [0.15, 0.2) is 0 Å². The number of benzene rings is 1. The van der Waals surface area contributed by atoms with Gasteiger partial charge < -0.3 is 4.90 Å². The number of anilines is 2. The third-order valence-corrected chi connectivity index (χ3v) is 4.83. The van der Waals surface area contributed by atoms with Crippen LogP contribution >= 0.6 is 11.8 Å². The van der Waals surface area contributed by atoms with E-state index in [1.54, 1.807) is 0 Å². The van der Waals surface area contributed by atoms with E-state index in [2.05, 4.69) is 91.2 Å². The Balaban J connectivity index is 1.96. The van der Waals surface area contributed by atoms with Gasteiger partial charge in [-0.25, -0.2) is 4.57 Å². The van der Waals surface area contributed by atoms with Gasteiger partial charge in [0.1, 0.15) is 0 Å². The Kier molecular flexibility index (Phi) is 3.64. The smallest absolute Gasteiger partial charge is 0.276 e. The van der Waals surface area contributed by atoms with Crippen molar-refractivity contribution in [2.45, 2.75) is 4.90 Å². The molecule has 0 N–H and O–H groups in total. The monoisotopic (exact) mass is 298 g/mol. The molecule has 0 saturated carbocycles. The highest BCUT2D eigenvalue weighted by atomic mass is 32.2. The lowest BCUT2D eigenvalue weighted by Gasteiger charge is -2.14. The Morgan fingerprint density at radius 2 is 1.95 bits per heavy atom. The predicted molar refractivity (Wildman–Crippen MR) is 90.6 cm³/mol. The van der Waals surface area contributed by atoms with E-state index >= 15 is 0 Å². The Morgan fingerprint density at radius 3 is 2.67 bits per heavy atom. The van der Waals surface area contributed by atoms with Crippen molar-refractivity contribution in [3.8, 4) is 0 Å². The van der Waals surface area contributed by atoms with Crippen LogP contribution in [0.25, 0.3) is 6.08 Å². The zero-order valence-electron chi connectivity index (χ0n) is 12.9. The average molecular weight is 298 g/mol. The van der Waals surface area contributed by atoms with Crippen molar-refractivity contribution in [3.63, 3.8) is 0 Å². The number of hydrogen-bond donors (Lipinski definition) is 0. The standard InChI is InChI=1S/C17H20N3S/c1-18(2)16-11-13(9-10-19(16)3)12-17-20(4)14-7-5-6-8-15(14)21-17/h5-12H,1-4H3/q+1. The first kappa shape index (κ1) is 14.0. The maximum Gasteiger partial charge on any atom is 0.276 e. The summed E-state index contributed by atoms with van der Waals surface area (Å²) in [6, 6.07) is 12.9. The van der Waals surface area contributed by atoms with Gasteiger partial charge >= 0.3 is 0 Å². The van der Waals surface area contributed by atoms with Gasteiger partial charge in [0.2, 0.25) is 0 Å². The quantitative estimate of drug-likeness (QED) is 0.789. The number of rotatable bonds is 2. The van der Waals surface area contributed by atoms with Gasteiger partial charge in [-0.3, -0.25) is 4.90 Å². The van der Waals surface area contributed by atoms with Crippen LogP contribution in [0.1, 0.15) is 5.56 Å². The second-order valence-corrected chi connectivity index (χ2v) is 6.50. The molecule has 0 fully saturated rings. The zero-order valence-corrected chi connectivity index (χ0v) is 13.7. The molecule has 1 aliphatic heterocycles. The Labute approximate surface area is 130 Å². The number of thioether (sulfide) groups is 1. The van der Waals surface area contributed by atoms with E-state index in [1.807, 2.05) is 11.8 Å². The average Bonchev–Trinajstić information content (AvgIpc) is 2.78. The van der Waals surface area contributed by atoms with Crippen molar-refractivity contribution >= 4 is 29.3 Å². The molecule has 2 heterocycles. The second kappa shape index (κ2) is 5.45. The number of nitrogens with zero attached hydrogens (tertiary/aromatic N) is 3. The van der Waals surface area contributed by atoms with Gasteiger partial charge in [-0.2, -0.15) is 0 Å². The first-order valence-corrected chi connectivity index (χ1v) is 7.77. The molecule has 3 nitrogen and oxygen atoms in total. The minimum Gasteiger partial charge on any atom is -0.338 e.